The number of hydrogen-bond acceptors (Lipinski definition) is 4. The highest BCUT2D eigenvalue weighted by molar-refractivity contribution is 9.10. The number of benzene rings is 1. The van der Waals surface area contributed by atoms with Gasteiger partial charge in [-0.15, -0.1) is 0 Å². The Hall–Kier alpha value is -1.11. The third kappa shape index (κ3) is 3.31. The highest BCUT2D eigenvalue weighted by atomic mass is 79.9. The second-order valence-electron chi connectivity index (χ2n) is 3.92. The van der Waals surface area contributed by atoms with Gasteiger partial charge in [0, 0.05) is 16.9 Å². The Balaban J connectivity index is 2.30. The first-order valence-corrected chi connectivity index (χ1v) is 8.05. The van der Waals surface area contributed by atoms with Gasteiger partial charge in [0.15, 0.2) is 5.16 Å². The predicted molar refractivity (Wildman–Crippen MR) is 85.7 cm³/mol. The molecule has 0 unspecified atom stereocenters. The van der Waals surface area contributed by atoms with Gasteiger partial charge in [-0.25, -0.2) is 9.97 Å². The number of nitrogens with zero attached hydrogens (tertiary/aromatic N) is 2. The van der Waals surface area contributed by atoms with Crippen LogP contribution >= 0.6 is 39.3 Å². The van der Waals surface area contributed by atoms with Gasteiger partial charge >= 0.3 is 0 Å². The van der Waals surface area contributed by atoms with Crippen LogP contribution in [-0.2, 0) is 0 Å². The fourth-order valence-electron chi connectivity index (χ4n) is 1.53. The third-order valence-corrected chi connectivity index (χ3v) is 4.19. The minimum Gasteiger partial charge on any atom is -0.320 e. The topological polar surface area (TPSA) is 54.9 Å². The Bertz CT molecular complexity index is 666. The number of aromatic nitrogens is 2. The highest BCUT2D eigenvalue weighted by Gasteiger charge is 2.15. The number of amides is 1. The molecule has 0 bridgehead atoms. The van der Waals surface area contributed by atoms with E-state index in [2.05, 4.69) is 31.2 Å². The highest BCUT2D eigenvalue weighted by Crippen LogP contribution is 2.24. The fraction of sp³-hybridized carbons (Fsp3) is 0.154. The first-order chi connectivity index (χ1) is 9.52. The monoisotopic (exact) mass is 371 g/mol. The van der Waals surface area contributed by atoms with Crippen LogP contribution in [0.15, 0.2) is 34.0 Å². The molecule has 2 aromatic rings. The molecule has 0 fully saturated rings. The quantitative estimate of drug-likeness (QED) is 0.649. The molecule has 1 aromatic carbocycles. The largest absolute Gasteiger partial charge is 0.320 e. The zero-order chi connectivity index (χ0) is 14.7. The van der Waals surface area contributed by atoms with Crippen LogP contribution in [0.5, 0.6) is 0 Å². The van der Waals surface area contributed by atoms with Gasteiger partial charge in [-0.1, -0.05) is 29.4 Å². The number of halogens is 2. The lowest BCUT2D eigenvalue weighted by Crippen LogP contribution is -2.16. The second-order valence-corrected chi connectivity index (χ2v) is 5.95. The van der Waals surface area contributed by atoms with Gasteiger partial charge in [0.05, 0.1) is 4.47 Å². The first-order valence-electron chi connectivity index (χ1n) is 5.66. The van der Waals surface area contributed by atoms with Crippen LogP contribution in [-0.4, -0.2) is 22.1 Å². The number of hydrogen-bond donors (Lipinski definition) is 1. The van der Waals surface area contributed by atoms with Crippen LogP contribution in [0.25, 0.3) is 0 Å². The molecule has 4 nitrogen and oxygen atoms in total. The van der Waals surface area contributed by atoms with Crippen molar-refractivity contribution < 1.29 is 4.79 Å². The minimum atomic E-state index is -0.306. The molecule has 0 saturated heterocycles. The molecular weight excluding hydrogens is 362 g/mol. The van der Waals surface area contributed by atoms with E-state index in [9.17, 15) is 4.79 Å². The second kappa shape index (κ2) is 6.56. The average molecular weight is 373 g/mol. The zero-order valence-corrected chi connectivity index (χ0v) is 13.9. The van der Waals surface area contributed by atoms with Crippen molar-refractivity contribution in [1.29, 1.82) is 0 Å². The van der Waals surface area contributed by atoms with Gasteiger partial charge in [-0.3, -0.25) is 4.79 Å². The van der Waals surface area contributed by atoms with Crippen molar-refractivity contribution in [3.63, 3.8) is 0 Å². The maximum atomic E-state index is 12.3. The SMILES string of the molecule is CSc1ncc(Br)c(C(=O)Nc2cccc(Cl)c2C)n1. The maximum absolute atomic E-state index is 12.3. The van der Waals surface area contributed by atoms with Gasteiger partial charge in [-0.05, 0) is 46.8 Å². The van der Waals surface area contributed by atoms with Gasteiger partial charge in [0.25, 0.3) is 5.91 Å². The van der Waals surface area contributed by atoms with Crippen LogP contribution in [0.3, 0.4) is 0 Å². The summed E-state index contributed by atoms with van der Waals surface area (Å²) >= 11 is 10.7. The van der Waals surface area contributed by atoms with Crippen LogP contribution in [0.2, 0.25) is 5.02 Å². The van der Waals surface area contributed by atoms with E-state index in [1.54, 1.807) is 24.4 Å². The molecule has 0 aliphatic rings. The number of rotatable bonds is 3. The minimum absolute atomic E-state index is 0.295. The molecule has 0 atom stereocenters. The molecule has 1 amide bonds. The van der Waals surface area contributed by atoms with E-state index in [4.69, 9.17) is 11.6 Å². The molecule has 0 aliphatic heterocycles. The van der Waals surface area contributed by atoms with Crippen LogP contribution in [0.4, 0.5) is 5.69 Å². The van der Waals surface area contributed by atoms with Crippen LogP contribution < -0.4 is 5.32 Å². The van der Waals surface area contributed by atoms with Gasteiger partial charge < -0.3 is 5.32 Å². The van der Waals surface area contributed by atoms with E-state index >= 15 is 0 Å². The van der Waals surface area contributed by atoms with Crippen molar-refractivity contribution in [3.05, 3.63) is 45.1 Å². The van der Waals surface area contributed by atoms with Crippen molar-refractivity contribution in [1.82, 2.24) is 9.97 Å². The molecule has 2 rings (SSSR count). The lowest BCUT2D eigenvalue weighted by atomic mass is 10.2. The Morgan fingerprint density at radius 3 is 2.90 bits per heavy atom. The summed E-state index contributed by atoms with van der Waals surface area (Å²) in [5.74, 6) is -0.306. The average Bonchev–Trinajstić information content (AvgIpc) is 2.44. The zero-order valence-electron chi connectivity index (χ0n) is 10.8. The van der Waals surface area contributed by atoms with Crippen LogP contribution in [0.1, 0.15) is 16.1 Å². The lowest BCUT2D eigenvalue weighted by Gasteiger charge is -2.10. The van der Waals surface area contributed by atoms with Crippen molar-refractivity contribution in [3.8, 4) is 0 Å². The molecule has 1 heterocycles. The number of anilines is 1. The molecule has 0 spiro atoms. The summed E-state index contributed by atoms with van der Waals surface area (Å²) in [6, 6.07) is 5.36. The molecular formula is C13H11BrClN3OS. The van der Waals surface area contributed by atoms with Crippen LogP contribution in [0, 0.1) is 6.92 Å². The maximum Gasteiger partial charge on any atom is 0.275 e. The van der Waals surface area contributed by atoms with E-state index < -0.39 is 0 Å². The smallest absolute Gasteiger partial charge is 0.275 e. The Labute approximate surface area is 134 Å². The third-order valence-electron chi connectivity index (χ3n) is 2.64. The Kier molecular flexibility index (Phi) is 5.01. The Morgan fingerprint density at radius 2 is 2.20 bits per heavy atom. The van der Waals surface area contributed by atoms with E-state index in [-0.39, 0.29) is 5.91 Å². The number of carbonyl (C=O) groups excluding carboxylic acids is 1. The Morgan fingerprint density at radius 1 is 1.45 bits per heavy atom. The number of carbonyl (C=O) groups is 1. The molecule has 1 N–H and O–H groups in total. The lowest BCUT2D eigenvalue weighted by molar-refractivity contribution is 0.102. The van der Waals surface area contributed by atoms with Gasteiger partial charge in [0.2, 0.25) is 0 Å². The summed E-state index contributed by atoms with van der Waals surface area (Å²) in [6.07, 6.45) is 3.42. The molecule has 20 heavy (non-hydrogen) atoms. The van der Waals surface area contributed by atoms with Crippen molar-refractivity contribution in [2.45, 2.75) is 12.1 Å². The molecule has 0 aliphatic carbocycles. The standard InChI is InChI=1S/C13H11BrClN3OS/c1-7-9(15)4-3-5-10(7)17-12(19)11-8(14)6-16-13(18-11)20-2/h3-6H,1-2H3,(H,17,19). The van der Waals surface area contributed by atoms with Gasteiger partial charge in [0.1, 0.15) is 5.69 Å². The normalized spacial score (nSPS) is 10.4. The van der Waals surface area contributed by atoms with Gasteiger partial charge in [-0.2, -0.15) is 0 Å². The van der Waals surface area contributed by atoms with E-state index in [0.717, 1.165) is 5.56 Å². The molecule has 7 heteroatoms. The summed E-state index contributed by atoms with van der Waals surface area (Å²) in [5.41, 5.74) is 1.78. The molecule has 104 valence electrons. The number of thioether (sulfide) groups is 1. The molecule has 1 aromatic heterocycles. The summed E-state index contributed by atoms with van der Waals surface area (Å²) in [4.78, 5) is 20.6. The van der Waals surface area contributed by atoms with E-state index in [1.165, 1.54) is 11.8 Å². The van der Waals surface area contributed by atoms with Crippen molar-refractivity contribution >= 4 is 50.9 Å². The van der Waals surface area contributed by atoms with E-state index in [1.807, 2.05) is 13.2 Å². The fourth-order valence-corrected chi connectivity index (χ4v) is 2.42. The summed E-state index contributed by atoms with van der Waals surface area (Å²) in [5, 5.41) is 3.96. The predicted octanol–water partition coefficient (Wildman–Crippen LogP) is 4.18. The first kappa shape index (κ1) is 15.3. The number of nitrogens with one attached hydrogen (secondary N) is 1. The van der Waals surface area contributed by atoms with E-state index in [0.29, 0.717) is 26.0 Å². The summed E-state index contributed by atoms with van der Waals surface area (Å²) in [6.45, 7) is 1.85. The van der Waals surface area contributed by atoms with Crippen molar-refractivity contribution in [2.24, 2.45) is 0 Å². The molecule has 0 radical (unpaired) electrons. The summed E-state index contributed by atoms with van der Waals surface area (Å²) in [7, 11) is 0. The summed E-state index contributed by atoms with van der Waals surface area (Å²) < 4.78 is 0.549. The van der Waals surface area contributed by atoms with Crippen molar-refractivity contribution in [2.75, 3.05) is 11.6 Å². The molecule has 0 saturated carbocycles.